The van der Waals surface area contributed by atoms with E-state index in [-0.39, 0.29) is 5.91 Å². The molecule has 3 rings (SSSR count). The molecule has 0 spiro atoms. The van der Waals surface area contributed by atoms with Gasteiger partial charge in [0.25, 0.3) is 0 Å². The van der Waals surface area contributed by atoms with Crippen molar-refractivity contribution in [1.29, 1.82) is 0 Å². The number of benzene rings is 2. The van der Waals surface area contributed by atoms with E-state index in [0.717, 1.165) is 24.1 Å². The molecule has 2 aromatic rings. The van der Waals surface area contributed by atoms with Crippen molar-refractivity contribution in [2.75, 3.05) is 18.9 Å². The van der Waals surface area contributed by atoms with E-state index < -0.39 is 0 Å². The molecule has 0 bridgehead atoms. The van der Waals surface area contributed by atoms with Crippen LogP contribution < -0.4 is 5.32 Å². The molecule has 0 fully saturated rings. The van der Waals surface area contributed by atoms with E-state index >= 15 is 0 Å². The predicted molar refractivity (Wildman–Crippen MR) is 95.0 cm³/mol. The van der Waals surface area contributed by atoms with Crippen LogP contribution in [0.2, 0.25) is 5.02 Å². The lowest BCUT2D eigenvalue weighted by Gasteiger charge is -2.24. The molecule has 0 aromatic heterocycles. The van der Waals surface area contributed by atoms with Gasteiger partial charge in [0.15, 0.2) is 0 Å². The quantitative estimate of drug-likeness (QED) is 0.912. The van der Waals surface area contributed by atoms with Gasteiger partial charge in [0.05, 0.1) is 6.54 Å². The fourth-order valence-corrected chi connectivity index (χ4v) is 3.44. The monoisotopic (exact) mass is 328 g/mol. The molecule has 0 saturated carbocycles. The van der Waals surface area contributed by atoms with Crippen LogP contribution in [-0.4, -0.2) is 24.4 Å². The molecule has 3 nitrogen and oxygen atoms in total. The maximum absolute atomic E-state index is 12.4. The highest BCUT2D eigenvalue weighted by atomic mass is 35.5. The summed E-state index contributed by atoms with van der Waals surface area (Å²) in [7, 11) is 2.01. The van der Waals surface area contributed by atoms with Crippen molar-refractivity contribution in [3.05, 3.63) is 64.2 Å². The molecule has 1 unspecified atom stereocenters. The van der Waals surface area contributed by atoms with Gasteiger partial charge in [-0.05, 0) is 55.6 Å². The van der Waals surface area contributed by atoms with Crippen molar-refractivity contribution in [3.8, 4) is 0 Å². The largest absolute Gasteiger partial charge is 0.325 e. The molecule has 0 radical (unpaired) electrons. The van der Waals surface area contributed by atoms with Crippen molar-refractivity contribution in [2.24, 2.45) is 0 Å². The predicted octanol–water partition coefficient (Wildman–Crippen LogP) is 4.21. The number of hydrogen-bond donors (Lipinski definition) is 1. The second-order valence-electron chi connectivity index (χ2n) is 6.13. The van der Waals surface area contributed by atoms with Gasteiger partial charge in [0.2, 0.25) is 5.91 Å². The summed E-state index contributed by atoms with van der Waals surface area (Å²) in [5.74, 6) is -0.0118. The maximum Gasteiger partial charge on any atom is 0.238 e. The third-order valence-corrected chi connectivity index (χ3v) is 4.98. The molecule has 1 atom stereocenters. The Bertz CT molecular complexity index is 729. The van der Waals surface area contributed by atoms with Gasteiger partial charge >= 0.3 is 0 Å². The zero-order valence-electron chi connectivity index (χ0n) is 13.5. The van der Waals surface area contributed by atoms with Crippen molar-refractivity contribution in [1.82, 2.24) is 4.90 Å². The lowest BCUT2D eigenvalue weighted by molar-refractivity contribution is -0.117. The van der Waals surface area contributed by atoms with Crippen LogP contribution in [0.1, 0.15) is 29.2 Å². The molecular formula is C19H21ClN2O. The minimum Gasteiger partial charge on any atom is -0.325 e. The Hall–Kier alpha value is -1.84. The number of aryl methyl sites for hydroxylation is 1. The van der Waals surface area contributed by atoms with Crippen LogP contribution >= 0.6 is 11.6 Å². The van der Waals surface area contributed by atoms with Crippen molar-refractivity contribution < 1.29 is 4.79 Å². The topological polar surface area (TPSA) is 32.3 Å². The first-order valence-electron chi connectivity index (χ1n) is 7.89. The number of rotatable bonds is 4. The van der Waals surface area contributed by atoms with Gasteiger partial charge in [-0.1, -0.05) is 41.9 Å². The van der Waals surface area contributed by atoms with Crippen molar-refractivity contribution >= 4 is 23.2 Å². The van der Waals surface area contributed by atoms with Crippen LogP contribution in [0.15, 0.2) is 42.5 Å². The minimum absolute atomic E-state index is 0.0118. The van der Waals surface area contributed by atoms with Gasteiger partial charge in [0.1, 0.15) is 0 Å². The Balaban J connectivity index is 1.65. The summed E-state index contributed by atoms with van der Waals surface area (Å²) in [6.45, 7) is 2.28. The Morgan fingerprint density at radius 2 is 2.04 bits per heavy atom. The Kier molecular flexibility index (Phi) is 4.69. The van der Waals surface area contributed by atoms with Crippen LogP contribution in [0.3, 0.4) is 0 Å². The number of nitrogens with one attached hydrogen (secondary N) is 1. The number of likely N-dealkylation sites (N-methyl/N-ethyl adjacent to an activating group) is 1. The molecule has 0 heterocycles. The molecule has 120 valence electrons. The zero-order valence-corrected chi connectivity index (χ0v) is 14.2. The second-order valence-corrected chi connectivity index (χ2v) is 6.54. The average Bonchev–Trinajstić information content (AvgIpc) is 2.96. The van der Waals surface area contributed by atoms with E-state index in [2.05, 4.69) is 34.5 Å². The standard InChI is InChI=1S/C19H21ClN2O/c1-13-16(20)8-5-9-17(13)21-19(23)12-22(2)18-11-10-14-6-3-4-7-15(14)18/h3-9,18H,10-12H2,1-2H3,(H,21,23). The molecule has 23 heavy (non-hydrogen) atoms. The number of carbonyl (C=O) groups excluding carboxylic acids is 1. The van der Waals surface area contributed by atoms with E-state index in [1.807, 2.05) is 32.2 Å². The van der Waals surface area contributed by atoms with E-state index in [1.165, 1.54) is 11.1 Å². The van der Waals surface area contributed by atoms with Crippen molar-refractivity contribution in [3.63, 3.8) is 0 Å². The summed E-state index contributed by atoms with van der Waals surface area (Å²) < 4.78 is 0. The molecule has 0 saturated heterocycles. The maximum atomic E-state index is 12.4. The van der Waals surface area contributed by atoms with E-state index in [9.17, 15) is 4.79 Å². The molecular weight excluding hydrogens is 308 g/mol. The van der Waals surface area contributed by atoms with Gasteiger partial charge in [-0.25, -0.2) is 0 Å². The molecule has 1 amide bonds. The van der Waals surface area contributed by atoms with Crippen LogP contribution in [-0.2, 0) is 11.2 Å². The van der Waals surface area contributed by atoms with Gasteiger partial charge in [0, 0.05) is 16.8 Å². The summed E-state index contributed by atoms with van der Waals surface area (Å²) in [6.07, 6.45) is 2.15. The molecule has 4 heteroatoms. The van der Waals surface area contributed by atoms with E-state index in [0.29, 0.717) is 17.6 Å². The number of carbonyl (C=O) groups is 1. The number of nitrogens with zero attached hydrogens (tertiary/aromatic N) is 1. The number of halogens is 1. The third kappa shape index (κ3) is 3.41. The molecule has 1 aliphatic carbocycles. The summed E-state index contributed by atoms with van der Waals surface area (Å²) in [6, 6.07) is 14.4. The lowest BCUT2D eigenvalue weighted by Crippen LogP contribution is -2.32. The van der Waals surface area contributed by atoms with Crippen LogP contribution in [0, 0.1) is 6.92 Å². The van der Waals surface area contributed by atoms with Crippen molar-refractivity contribution in [2.45, 2.75) is 25.8 Å². The minimum atomic E-state index is -0.0118. The first-order chi connectivity index (χ1) is 11.1. The first-order valence-corrected chi connectivity index (χ1v) is 8.27. The SMILES string of the molecule is Cc1c(Cl)cccc1NC(=O)CN(C)C1CCc2ccccc21. The fourth-order valence-electron chi connectivity index (χ4n) is 3.26. The van der Waals surface area contributed by atoms with E-state index in [4.69, 9.17) is 11.6 Å². The molecule has 0 aliphatic heterocycles. The highest BCUT2D eigenvalue weighted by Gasteiger charge is 2.26. The van der Waals surface area contributed by atoms with Gasteiger partial charge in [-0.3, -0.25) is 9.69 Å². The van der Waals surface area contributed by atoms with Crippen LogP contribution in [0.25, 0.3) is 0 Å². The summed E-state index contributed by atoms with van der Waals surface area (Å²) in [4.78, 5) is 14.5. The highest BCUT2D eigenvalue weighted by molar-refractivity contribution is 6.31. The fraction of sp³-hybridized carbons (Fsp3) is 0.316. The van der Waals surface area contributed by atoms with E-state index in [1.54, 1.807) is 0 Å². The highest BCUT2D eigenvalue weighted by Crippen LogP contribution is 2.34. The van der Waals surface area contributed by atoms with Crippen LogP contribution in [0.5, 0.6) is 0 Å². The molecule has 2 aromatic carbocycles. The normalized spacial score (nSPS) is 16.4. The smallest absolute Gasteiger partial charge is 0.238 e. The lowest BCUT2D eigenvalue weighted by atomic mass is 10.1. The summed E-state index contributed by atoms with van der Waals surface area (Å²) in [5, 5.41) is 3.63. The second kappa shape index (κ2) is 6.73. The number of amides is 1. The Morgan fingerprint density at radius 1 is 1.26 bits per heavy atom. The third-order valence-electron chi connectivity index (χ3n) is 4.57. The number of fused-ring (bicyclic) bond motifs is 1. The van der Waals surface area contributed by atoms with Crippen LogP contribution in [0.4, 0.5) is 5.69 Å². The Morgan fingerprint density at radius 3 is 2.87 bits per heavy atom. The summed E-state index contributed by atoms with van der Waals surface area (Å²) in [5.41, 5.74) is 4.43. The van der Waals surface area contributed by atoms with Gasteiger partial charge in [-0.15, -0.1) is 0 Å². The molecule has 1 aliphatic rings. The zero-order chi connectivity index (χ0) is 16.4. The van der Waals surface area contributed by atoms with Gasteiger partial charge in [-0.2, -0.15) is 0 Å². The molecule has 1 N–H and O–H groups in total. The number of hydrogen-bond acceptors (Lipinski definition) is 2. The summed E-state index contributed by atoms with van der Waals surface area (Å²) >= 11 is 6.10. The number of anilines is 1. The average molecular weight is 329 g/mol. The first kappa shape index (κ1) is 16.0. The Labute approximate surface area is 142 Å². The van der Waals surface area contributed by atoms with Gasteiger partial charge < -0.3 is 5.32 Å².